The van der Waals surface area contributed by atoms with Gasteiger partial charge in [0, 0.05) is 10.0 Å². The summed E-state index contributed by atoms with van der Waals surface area (Å²) in [4.78, 5) is 11.1. The van der Waals surface area contributed by atoms with E-state index in [1.807, 2.05) is 6.07 Å². The molecule has 0 radical (unpaired) electrons. The summed E-state index contributed by atoms with van der Waals surface area (Å²) in [5.74, 6) is -0.161. The van der Waals surface area contributed by atoms with Crippen LogP contribution in [0, 0.1) is 11.3 Å². The summed E-state index contributed by atoms with van der Waals surface area (Å²) < 4.78 is 0.621. The van der Waals surface area contributed by atoms with Gasteiger partial charge in [0.25, 0.3) is 0 Å². The lowest BCUT2D eigenvalue weighted by Gasteiger charge is -2.01. The molecule has 1 aromatic carbocycles. The Morgan fingerprint density at radius 1 is 1.62 bits per heavy atom. The number of carbonyl (C=O) groups is 1. The molecule has 0 spiro atoms. The average molecular weight is 259 g/mol. The summed E-state index contributed by atoms with van der Waals surface area (Å²) in [7, 11) is 0. The summed E-state index contributed by atoms with van der Waals surface area (Å²) in [6.07, 6.45) is 0. The summed E-state index contributed by atoms with van der Waals surface area (Å²) >= 11 is 8.95. The van der Waals surface area contributed by atoms with Crippen molar-refractivity contribution < 1.29 is 4.79 Å². The molecule has 0 aliphatic carbocycles. The summed E-state index contributed by atoms with van der Waals surface area (Å²) in [6, 6.07) is 4.97. The molecule has 0 aliphatic rings. The Labute approximate surface area is 89.3 Å². The molecule has 0 saturated heterocycles. The molecule has 4 heteroatoms. The first-order valence-corrected chi connectivity index (χ1v) is 4.63. The van der Waals surface area contributed by atoms with Gasteiger partial charge in [-0.15, -0.1) is 0 Å². The molecular formula is C9H5BrClNO. The number of hydrogen-bond donors (Lipinski definition) is 0. The van der Waals surface area contributed by atoms with Crippen LogP contribution in [0.25, 0.3) is 0 Å². The van der Waals surface area contributed by atoms with Gasteiger partial charge in [0.05, 0.1) is 16.7 Å². The maximum atomic E-state index is 11.1. The zero-order valence-corrected chi connectivity index (χ0v) is 9.11. The van der Waals surface area contributed by atoms with E-state index in [1.165, 1.54) is 13.0 Å². The topological polar surface area (TPSA) is 40.9 Å². The third-order valence-corrected chi connectivity index (χ3v) is 2.76. The van der Waals surface area contributed by atoms with E-state index in [1.54, 1.807) is 6.07 Å². The predicted octanol–water partition coefficient (Wildman–Crippen LogP) is 3.18. The average Bonchev–Trinajstić information content (AvgIpc) is 2.08. The molecule has 0 aromatic heterocycles. The number of rotatable bonds is 1. The molecule has 0 saturated carbocycles. The predicted molar refractivity (Wildman–Crippen MR) is 53.9 cm³/mol. The van der Waals surface area contributed by atoms with Crippen LogP contribution in [0.15, 0.2) is 16.6 Å². The maximum absolute atomic E-state index is 11.1. The van der Waals surface area contributed by atoms with Crippen LogP contribution >= 0.6 is 27.5 Å². The molecule has 0 aliphatic heterocycles. The Morgan fingerprint density at radius 3 is 2.69 bits per heavy atom. The zero-order chi connectivity index (χ0) is 10.0. The van der Waals surface area contributed by atoms with Crippen molar-refractivity contribution in [1.82, 2.24) is 0 Å². The minimum atomic E-state index is -0.161. The van der Waals surface area contributed by atoms with Gasteiger partial charge in [0.2, 0.25) is 0 Å². The maximum Gasteiger partial charge on any atom is 0.161 e. The van der Waals surface area contributed by atoms with Crippen molar-refractivity contribution in [2.75, 3.05) is 0 Å². The fourth-order valence-electron chi connectivity index (χ4n) is 0.931. The fourth-order valence-corrected chi connectivity index (χ4v) is 1.44. The highest BCUT2D eigenvalue weighted by molar-refractivity contribution is 9.10. The van der Waals surface area contributed by atoms with Crippen LogP contribution < -0.4 is 0 Å². The Hall–Kier alpha value is -0.850. The van der Waals surface area contributed by atoms with Crippen molar-refractivity contribution in [3.63, 3.8) is 0 Å². The number of nitriles is 1. The Kier molecular flexibility index (Phi) is 3.07. The van der Waals surface area contributed by atoms with E-state index in [4.69, 9.17) is 16.9 Å². The lowest BCUT2D eigenvalue weighted by atomic mass is 10.1. The van der Waals surface area contributed by atoms with E-state index in [2.05, 4.69) is 15.9 Å². The standard InChI is InChI=1S/C9H5BrClNO/c1-5(13)7-3-9(11)8(10)2-6(7)4-12/h2-3H,1H3. The molecular weight excluding hydrogens is 253 g/mol. The van der Waals surface area contributed by atoms with Gasteiger partial charge in [-0.25, -0.2) is 0 Å². The van der Waals surface area contributed by atoms with E-state index in [-0.39, 0.29) is 5.78 Å². The van der Waals surface area contributed by atoms with Crippen LogP contribution in [0.4, 0.5) is 0 Å². The number of ketones is 1. The van der Waals surface area contributed by atoms with Gasteiger partial charge in [-0.3, -0.25) is 4.79 Å². The quantitative estimate of drug-likeness (QED) is 0.726. The minimum absolute atomic E-state index is 0.161. The van der Waals surface area contributed by atoms with Crippen LogP contribution in [0.5, 0.6) is 0 Å². The molecule has 1 rings (SSSR count). The van der Waals surface area contributed by atoms with E-state index in [9.17, 15) is 4.79 Å². The first-order chi connectivity index (χ1) is 6.06. The number of Topliss-reactive ketones (excluding diaryl/α,β-unsaturated/α-hetero) is 1. The van der Waals surface area contributed by atoms with Crippen molar-refractivity contribution in [3.8, 4) is 6.07 Å². The highest BCUT2D eigenvalue weighted by Gasteiger charge is 2.09. The van der Waals surface area contributed by atoms with Crippen LogP contribution in [-0.4, -0.2) is 5.78 Å². The Bertz CT molecular complexity index is 409. The number of hydrogen-bond acceptors (Lipinski definition) is 2. The number of halogens is 2. The second-order valence-electron chi connectivity index (χ2n) is 2.48. The minimum Gasteiger partial charge on any atom is -0.294 e. The molecule has 66 valence electrons. The van der Waals surface area contributed by atoms with Crippen LogP contribution in [-0.2, 0) is 0 Å². The largest absolute Gasteiger partial charge is 0.294 e. The van der Waals surface area contributed by atoms with E-state index < -0.39 is 0 Å². The van der Waals surface area contributed by atoms with E-state index in [0.29, 0.717) is 20.6 Å². The van der Waals surface area contributed by atoms with Gasteiger partial charge in [-0.1, -0.05) is 11.6 Å². The third kappa shape index (κ3) is 2.09. The SMILES string of the molecule is CC(=O)c1cc(Cl)c(Br)cc1C#N. The van der Waals surface area contributed by atoms with E-state index >= 15 is 0 Å². The van der Waals surface area contributed by atoms with Gasteiger partial charge in [0.15, 0.2) is 5.78 Å². The third-order valence-electron chi connectivity index (χ3n) is 1.56. The lowest BCUT2D eigenvalue weighted by molar-refractivity contribution is 0.101. The molecule has 0 heterocycles. The molecule has 2 nitrogen and oxygen atoms in total. The first kappa shape index (κ1) is 10.2. The molecule has 0 unspecified atom stereocenters. The van der Waals surface area contributed by atoms with Crippen molar-refractivity contribution in [2.45, 2.75) is 6.92 Å². The smallest absolute Gasteiger partial charge is 0.161 e. The zero-order valence-electron chi connectivity index (χ0n) is 6.77. The molecule has 0 fully saturated rings. The number of nitrogens with zero attached hydrogens (tertiary/aromatic N) is 1. The van der Waals surface area contributed by atoms with Gasteiger partial charge in [0.1, 0.15) is 0 Å². The Morgan fingerprint density at radius 2 is 2.23 bits per heavy atom. The van der Waals surface area contributed by atoms with E-state index in [0.717, 1.165) is 0 Å². The molecule has 0 atom stereocenters. The van der Waals surface area contributed by atoms with Crippen molar-refractivity contribution in [3.05, 3.63) is 32.8 Å². The number of benzene rings is 1. The summed E-state index contributed by atoms with van der Waals surface area (Å²) in [5, 5.41) is 9.15. The van der Waals surface area contributed by atoms with Crippen LogP contribution in [0.3, 0.4) is 0 Å². The summed E-state index contributed by atoms with van der Waals surface area (Å²) in [5.41, 5.74) is 0.694. The van der Waals surface area contributed by atoms with Crippen LogP contribution in [0.1, 0.15) is 22.8 Å². The molecule has 13 heavy (non-hydrogen) atoms. The van der Waals surface area contributed by atoms with Crippen molar-refractivity contribution in [1.29, 1.82) is 5.26 Å². The highest BCUT2D eigenvalue weighted by atomic mass is 79.9. The second kappa shape index (κ2) is 3.91. The van der Waals surface area contributed by atoms with Gasteiger partial charge >= 0.3 is 0 Å². The molecule has 1 aromatic rings. The van der Waals surface area contributed by atoms with Crippen molar-refractivity contribution >= 4 is 33.3 Å². The van der Waals surface area contributed by atoms with Gasteiger partial charge in [-0.05, 0) is 35.0 Å². The monoisotopic (exact) mass is 257 g/mol. The Balaban J connectivity index is 3.44. The molecule has 0 bridgehead atoms. The first-order valence-electron chi connectivity index (χ1n) is 3.46. The second-order valence-corrected chi connectivity index (χ2v) is 3.74. The normalized spacial score (nSPS) is 9.38. The lowest BCUT2D eigenvalue weighted by Crippen LogP contribution is -1.96. The molecule has 0 N–H and O–H groups in total. The van der Waals surface area contributed by atoms with Crippen LogP contribution in [0.2, 0.25) is 5.02 Å². The summed E-state index contributed by atoms with van der Waals surface area (Å²) in [6.45, 7) is 1.40. The van der Waals surface area contributed by atoms with Gasteiger partial charge in [-0.2, -0.15) is 5.26 Å². The fraction of sp³-hybridized carbons (Fsp3) is 0.111. The number of carbonyl (C=O) groups excluding carboxylic acids is 1. The van der Waals surface area contributed by atoms with Crippen molar-refractivity contribution in [2.24, 2.45) is 0 Å². The molecule has 0 amide bonds. The highest BCUT2D eigenvalue weighted by Crippen LogP contribution is 2.26. The van der Waals surface area contributed by atoms with Gasteiger partial charge < -0.3 is 0 Å².